The Morgan fingerprint density at radius 1 is 1.45 bits per heavy atom. The SMILES string of the molecule is Cc1cccc(Cl)c1NS(=O)(=O)c1scnc1C(=O)O. The number of sulfonamides is 1. The number of aromatic carboxylic acids is 1. The molecule has 1 aromatic heterocycles. The van der Waals surface area contributed by atoms with Crippen molar-refractivity contribution in [2.24, 2.45) is 0 Å². The van der Waals surface area contributed by atoms with Gasteiger partial charge in [-0.05, 0) is 18.6 Å². The van der Waals surface area contributed by atoms with E-state index in [4.69, 9.17) is 16.7 Å². The topological polar surface area (TPSA) is 96.4 Å². The van der Waals surface area contributed by atoms with Gasteiger partial charge in [0.25, 0.3) is 10.0 Å². The number of rotatable bonds is 4. The van der Waals surface area contributed by atoms with Gasteiger partial charge in [-0.3, -0.25) is 4.72 Å². The van der Waals surface area contributed by atoms with Gasteiger partial charge in [0.05, 0.1) is 16.2 Å². The first-order valence-electron chi connectivity index (χ1n) is 5.27. The fourth-order valence-electron chi connectivity index (χ4n) is 1.51. The van der Waals surface area contributed by atoms with Gasteiger partial charge in [0, 0.05) is 0 Å². The molecule has 0 fully saturated rings. The van der Waals surface area contributed by atoms with Crippen molar-refractivity contribution in [1.29, 1.82) is 0 Å². The Kier molecular flexibility index (Phi) is 3.98. The lowest BCUT2D eigenvalue weighted by atomic mass is 10.2. The van der Waals surface area contributed by atoms with E-state index in [1.807, 2.05) is 0 Å². The summed E-state index contributed by atoms with van der Waals surface area (Å²) in [4.78, 5) is 14.5. The van der Waals surface area contributed by atoms with Gasteiger partial charge in [-0.25, -0.2) is 18.2 Å². The number of carbonyl (C=O) groups is 1. The van der Waals surface area contributed by atoms with Gasteiger partial charge in [0.2, 0.25) is 0 Å². The molecular weight excluding hydrogens is 324 g/mol. The first-order chi connectivity index (χ1) is 9.33. The number of anilines is 1. The third kappa shape index (κ3) is 2.77. The van der Waals surface area contributed by atoms with Crippen LogP contribution in [0.5, 0.6) is 0 Å². The first-order valence-corrected chi connectivity index (χ1v) is 8.01. The predicted octanol–water partition coefficient (Wildman–Crippen LogP) is 2.60. The van der Waals surface area contributed by atoms with Gasteiger partial charge < -0.3 is 5.11 Å². The Balaban J connectivity index is 2.47. The van der Waals surface area contributed by atoms with Crippen LogP contribution in [0.3, 0.4) is 0 Å². The van der Waals surface area contributed by atoms with E-state index in [-0.39, 0.29) is 14.9 Å². The molecule has 2 rings (SSSR count). The molecule has 0 aliphatic rings. The summed E-state index contributed by atoms with van der Waals surface area (Å²) in [6, 6.07) is 4.91. The second kappa shape index (κ2) is 5.39. The van der Waals surface area contributed by atoms with Crippen molar-refractivity contribution in [3.8, 4) is 0 Å². The van der Waals surface area contributed by atoms with E-state index in [1.165, 1.54) is 6.07 Å². The highest BCUT2D eigenvalue weighted by molar-refractivity contribution is 7.94. The van der Waals surface area contributed by atoms with Gasteiger partial charge in [-0.2, -0.15) is 0 Å². The number of para-hydroxylation sites is 1. The number of aromatic nitrogens is 1. The maximum absolute atomic E-state index is 12.2. The van der Waals surface area contributed by atoms with Crippen molar-refractivity contribution in [3.05, 3.63) is 40.0 Å². The van der Waals surface area contributed by atoms with Crippen molar-refractivity contribution < 1.29 is 18.3 Å². The molecule has 1 heterocycles. The number of carboxylic acids is 1. The fourth-order valence-corrected chi connectivity index (χ4v) is 4.13. The molecule has 0 bridgehead atoms. The van der Waals surface area contributed by atoms with Crippen molar-refractivity contribution in [2.45, 2.75) is 11.1 Å². The lowest BCUT2D eigenvalue weighted by Crippen LogP contribution is -2.16. The smallest absolute Gasteiger partial charge is 0.356 e. The quantitative estimate of drug-likeness (QED) is 0.897. The zero-order valence-electron chi connectivity index (χ0n) is 10.1. The molecule has 0 saturated carbocycles. The second-order valence-electron chi connectivity index (χ2n) is 3.83. The number of hydrogen-bond acceptors (Lipinski definition) is 5. The lowest BCUT2D eigenvalue weighted by molar-refractivity contribution is 0.0687. The molecule has 106 valence electrons. The average Bonchev–Trinajstić information content (AvgIpc) is 2.84. The summed E-state index contributed by atoms with van der Waals surface area (Å²) in [7, 11) is -4.05. The molecule has 2 aromatic rings. The van der Waals surface area contributed by atoms with Crippen molar-refractivity contribution in [2.75, 3.05) is 4.72 Å². The van der Waals surface area contributed by atoms with E-state index in [9.17, 15) is 13.2 Å². The van der Waals surface area contributed by atoms with Crippen LogP contribution in [-0.2, 0) is 10.0 Å². The van der Waals surface area contributed by atoms with Gasteiger partial charge in [-0.15, -0.1) is 11.3 Å². The van der Waals surface area contributed by atoms with Crippen LogP contribution < -0.4 is 4.72 Å². The highest BCUT2D eigenvalue weighted by Crippen LogP contribution is 2.29. The molecule has 0 radical (unpaired) electrons. The average molecular weight is 333 g/mol. The Hall–Kier alpha value is -1.64. The molecule has 1 aromatic carbocycles. The number of benzene rings is 1. The molecule has 2 N–H and O–H groups in total. The van der Waals surface area contributed by atoms with Gasteiger partial charge >= 0.3 is 5.97 Å². The molecule has 0 saturated heterocycles. The molecular formula is C11H9ClN2O4S2. The predicted molar refractivity (Wildman–Crippen MR) is 76.1 cm³/mol. The number of carboxylic acid groups (broad SMARTS) is 1. The fraction of sp³-hybridized carbons (Fsp3) is 0.0909. The summed E-state index contributed by atoms with van der Waals surface area (Å²) < 4.78 is 26.4. The zero-order chi connectivity index (χ0) is 14.9. The summed E-state index contributed by atoms with van der Waals surface area (Å²) >= 11 is 6.67. The third-order valence-electron chi connectivity index (χ3n) is 2.44. The number of halogens is 1. The molecule has 0 aliphatic carbocycles. The molecule has 0 spiro atoms. The van der Waals surface area contributed by atoms with E-state index in [2.05, 4.69) is 9.71 Å². The lowest BCUT2D eigenvalue weighted by Gasteiger charge is -2.11. The summed E-state index contributed by atoms with van der Waals surface area (Å²) in [6.07, 6.45) is 0. The minimum atomic E-state index is -4.05. The van der Waals surface area contributed by atoms with Crippen LogP contribution in [0.15, 0.2) is 27.9 Å². The Morgan fingerprint density at radius 3 is 2.75 bits per heavy atom. The second-order valence-corrected chi connectivity index (χ2v) is 6.97. The monoisotopic (exact) mass is 332 g/mol. The van der Waals surface area contributed by atoms with Crippen LogP contribution in [0, 0.1) is 6.92 Å². The number of nitrogens with one attached hydrogen (secondary N) is 1. The molecule has 0 unspecified atom stereocenters. The Bertz CT molecular complexity index is 750. The maximum atomic E-state index is 12.2. The maximum Gasteiger partial charge on any atom is 0.356 e. The number of aryl methyl sites for hydroxylation is 1. The number of nitrogens with zero attached hydrogens (tertiary/aromatic N) is 1. The van der Waals surface area contributed by atoms with Crippen molar-refractivity contribution in [1.82, 2.24) is 4.98 Å². The van der Waals surface area contributed by atoms with Crippen LogP contribution in [0.1, 0.15) is 16.1 Å². The van der Waals surface area contributed by atoms with Crippen LogP contribution in [0.25, 0.3) is 0 Å². The minimum Gasteiger partial charge on any atom is -0.476 e. The van der Waals surface area contributed by atoms with Crippen LogP contribution in [0.2, 0.25) is 5.02 Å². The van der Waals surface area contributed by atoms with E-state index in [0.717, 1.165) is 16.8 Å². The van der Waals surface area contributed by atoms with E-state index >= 15 is 0 Å². The molecule has 20 heavy (non-hydrogen) atoms. The van der Waals surface area contributed by atoms with Gasteiger partial charge in [0.1, 0.15) is 0 Å². The normalized spacial score (nSPS) is 11.3. The zero-order valence-corrected chi connectivity index (χ0v) is 12.5. The molecule has 0 atom stereocenters. The standard InChI is InChI=1S/C11H9ClN2O4S2/c1-6-3-2-4-7(12)8(6)14-20(17,18)11-9(10(15)16)13-5-19-11/h2-5,14H,1H3,(H,15,16). The Labute approximate surface area is 124 Å². The summed E-state index contributed by atoms with van der Waals surface area (Å²) in [5.41, 5.74) is 1.51. The summed E-state index contributed by atoms with van der Waals surface area (Å²) in [5, 5.41) is 9.15. The molecule has 0 amide bonds. The minimum absolute atomic E-state index is 0.221. The number of hydrogen-bond donors (Lipinski definition) is 2. The largest absolute Gasteiger partial charge is 0.476 e. The van der Waals surface area contributed by atoms with E-state index in [0.29, 0.717) is 5.56 Å². The van der Waals surface area contributed by atoms with E-state index < -0.39 is 21.7 Å². The molecule has 6 nitrogen and oxygen atoms in total. The molecule has 0 aliphatic heterocycles. The van der Waals surface area contributed by atoms with Crippen molar-refractivity contribution >= 4 is 44.6 Å². The highest BCUT2D eigenvalue weighted by atomic mass is 35.5. The van der Waals surface area contributed by atoms with Gasteiger partial charge in [-0.1, -0.05) is 23.7 Å². The van der Waals surface area contributed by atoms with Gasteiger partial charge in [0.15, 0.2) is 9.90 Å². The van der Waals surface area contributed by atoms with Crippen LogP contribution in [0.4, 0.5) is 5.69 Å². The molecule has 9 heteroatoms. The summed E-state index contributed by atoms with van der Waals surface area (Å²) in [5.74, 6) is -1.40. The van der Waals surface area contributed by atoms with Crippen molar-refractivity contribution in [3.63, 3.8) is 0 Å². The number of thiazole rings is 1. The van der Waals surface area contributed by atoms with Crippen LogP contribution >= 0.6 is 22.9 Å². The first kappa shape index (κ1) is 14.8. The van der Waals surface area contributed by atoms with Crippen LogP contribution in [-0.4, -0.2) is 24.5 Å². The highest BCUT2D eigenvalue weighted by Gasteiger charge is 2.26. The summed E-state index contributed by atoms with van der Waals surface area (Å²) in [6.45, 7) is 1.69. The van der Waals surface area contributed by atoms with E-state index in [1.54, 1.807) is 19.1 Å². The third-order valence-corrected chi connectivity index (χ3v) is 5.47. The Morgan fingerprint density at radius 2 is 2.15 bits per heavy atom.